The van der Waals surface area contributed by atoms with Crippen molar-refractivity contribution in [3.63, 3.8) is 0 Å². The summed E-state index contributed by atoms with van der Waals surface area (Å²) >= 11 is 0. The maximum atomic E-state index is 13.0. The van der Waals surface area contributed by atoms with E-state index in [0.717, 1.165) is 11.1 Å². The molecule has 2 rings (SSSR count). The minimum Gasteiger partial charge on any atom is -0.518 e. The molecule has 0 aliphatic rings. The number of rotatable bonds is 7. The lowest BCUT2D eigenvalue weighted by Crippen LogP contribution is -2.50. The van der Waals surface area contributed by atoms with E-state index < -0.39 is 26.4 Å². The van der Waals surface area contributed by atoms with Crippen molar-refractivity contribution in [1.82, 2.24) is 5.32 Å². The van der Waals surface area contributed by atoms with Crippen molar-refractivity contribution in [3.05, 3.63) is 71.8 Å². The Morgan fingerprint density at radius 1 is 0.931 bits per heavy atom. The first-order chi connectivity index (χ1) is 13.6. The van der Waals surface area contributed by atoms with Crippen molar-refractivity contribution < 1.29 is 18.8 Å². The highest BCUT2D eigenvalue weighted by molar-refractivity contribution is 6.75. The van der Waals surface area contributed by atoms with Gasteiger partial charge in [-0.2, -0.15) is 0 Å². The number of carbonyl (C=O) groups excluding carboxylic acids is 2. The second kappa shape index (κ2) is 9.74. The normalized spacial score (nSPS) is 12.7. The first-order valence-electron chi connectivity index (χ1n) is 9.82. The van der Waals surface area contributed by atoms with Crippen molar-refractivity contribution in [2.24, 2.45) is 0 Å². The van der Waals surface area contributed by atoms with Crippen molar-refractivity contribution in [3.8, 4) is 0 Å². The van der Waals surface area contributed by atoms with Gasteiger partial charge in [-0.25, -0.2) is 4.79 Å². The van der Waals surface area contributed by atoms with Gasteiger partial charge < -0.3 is 14.5 Å². The summed E-state index contributed by atoms with van der Waals surface area (Å²) in [6.45, 7) is 10.4. The van der Waals surface area contributed by atoms with Gasteiger partial charge in [-0.1, -0.05) is 81.4 Å². The molecule has 0 aliphatic heterocycles. The topological polar surface area (TPSA) is 64.6 Å². The van der Waals surface area contributed by atoms with Crippen LogP contribution in [0.2, 0.25) is 18.1 Å². The van der Waals surface area contributed by atoms with Gasteiger partial charge in [-0.05, 0) is 29.3 Å². The number of benzene rings is 2. The Hall–Kier alpha value is -2.60. The van der Waals surface area contributed by atoms with E-state index in [-0.39, 0.29) is 11.6 Å². The van der Waals surface area contributed by atoms with E-state index >= 15 is 0 Å². The molecule has 0 aliphatic carbocycles. The van der Waals surface area contributed by atoms with Crippen LogP contribution in [-0.2, 0) is 27.0 Å². The second-order valence-corrected chi connectivity index (χ2v) is 13.4. The van der Waals surface area contributed by atoms with Gasteiger partial charge in [-0.15, -0.1) is 0 Å². The second-order valence-electron chi connectivity index (χ2n) is 8.63. The first kappa shape index (κ1) is 22.7. The molecule has 1 atom stereocenters. The molecule has 5 nitrogen and oxygen atoms in total. The smallest absolute Gasteiger partial charge is 0.408 e. The van der Waals surface area contributed by atoms with Gasteiger partial charge in [0.1, 0.15) is 12.6 Å². The van der Waals surface area contributed by atoms with Crippen LogP contribution in [0, 0.1) is 0 Å². The van der Waals surface area contributed by atoms with E-state index in [1.165, 1.54) is 0 Å². The fraction of sp³-hybridized carbons (Fsp3) is 0.391. The van der Waals surface area contributed by atoms with E-state index in [0.29, 0.717) is 6.42 Å². The summed E-state index contributed by atoms with van der Waals surface area (Å²) in [5, 5.41) is 2.58. The van der Waals surface area contributed by atoms with E-state index in [1.807, 2.05) is 73.8 Å². The van der Waals surface area contributed by atoms with Crippen LogP contribution in [0.15, 0.2) is 60.7 Å². The van der Waals surface area contributed by atoms with Crippen LogP contribution < -0.4 is 5.32 Å². The molecule has 0 saturated carbocycles. The number of ether oxygens (including phenoxy) is 1. The summed E-state index contributed by atoms with van der Waals surface area (Å²) in [6.07, 6.45) is -0.295. The number of hydrogen-bond donors (Lipinski definition) is 1. The van der Waals surface area contributed by atoms with E-state index in [4.69, 9.17) is 9.16 Å². The van der Waals surface area contributed by atoms with Crippen LogP contribution in [-0.4, -0.2) is 26.4 Å². The molecule has 0 spiro atoms. The average molecular weight is 414 g/mol. The molecule has 0 saturated heterocycles. The molecule has 0 bridgehead atoms. The molecule has 0 unspecified atom stereocenters. The summed E-state index contributed by atoms with van der Waals surface area (Å²) in [5.74, 6) is -0.419. The number of hydrogen-bond acceptors (Lipinski definition) is 4. The molecule has 2 aromatic carbocycles. The maximum Gasteiger partial charge on any atom is 0.408 e. The predicted octanol–water partition coefficient (Wildman–Crippen LogP) is 5.07. The third-order valence-corrected chi connectivity index (χ3v) is 9.56. The summed E-state index contributed by atoms with van der Waals surface area (Å²) in [4.78, 5) is 25.3. The standard InChI is InChI=1S/C23H31NO4Si/c1-23(2,3)29(4,5)28-21(25)20(16-18-12-8-6-9-13-18)24-22(26)27-17-19-14-10-7-11-15-19/h6-15,20H,16-17H2,1-5H3,(H,24,26)/t20-/m0/s1. The molecule has 156 valence electrons. The van der Waals surface area contributed by atoms with Crippen LogP contribution in [0.4, 0.5) is 4.79 Å². The lowest BCUT2D eigenvalue weighted by atomic mass is 10.1. The Bertz CT molecular complexity index is 801. The molecule has 0 radical (unpaired) electrons. The number of amides is 1. The molecule has 0 fully saturated rings. The van der Waals surface area contributed by atoms with Gasteiger partial charge in [0.15, 0.2) is 0 Å². The van der Waals surface area contributed by atoms with Crippen molar-refractivity contribution in [2.75, 3.05) is 0 Å². The van der Waals surface area contributed by atoms with E-state index in [2.05, 4.69) is 26.1 Å². The molecule has 29 heavy (non-hydrogen) atoms. The zero-order chi connectivity index (χ0) is 21.5. The molecule has 1 N–H and O–H groups in total. The third-order valence-electron chi connectivity index (χ3n) is 5.23. The highest BCUT2D eigenvalue weighted by atomic mass is 28.4. The first-order valence-corrected chi connectivity index (χ1v) is 12.7. The zero-order valence-corrected chi connectivity index (χ0v) is 18.9. The largest absolute Gasteiger partial charge is 0.518 e. The Morgan fingerprint density at radius 2 is 1.45 bits per heavy atom. The third kappa shape index (κ3) is 7.05. The molecule has 1 amide bonds. The molecule has 6 heteroatoms. The highest BCUT2D eigenvalue weighted by Crippen LogP contribution is 2.36. The lowest BCUT2D eigenvalue weighted by Gasteiger charge is -2.36. The van der Waals surface area contributed by atoms with Crippen molar-refractivity contribution in [2.45, 2.75) is 58.0 Å². The van der Waals surface area contributed by atoms with Crippen molar-refractivity contribution >= 4 is 20.4 Å². The monoisotopic (exact) mass is 413 g/mol. The molecule has 2 aromatic rings. The van der Waals surface area contributed by atoms with Gasteiger partial charge in [0.2, 0.25) is 0 Å². The zero-order valence-electron chi connectivity index (χ0n) is 17.9. The Balaban J connectivity index is 2.07. The van der Waals surface area contributed by atoms with Gasteiger partial charge >= 0.3 is 12.1 Å². The van der Waals surface area contributed by atoms with Gasteiger partial charge in [0, 0.05) is 6.42 Å². The summed E-state index contributed by atoms with van der Waals surface area (Å²) < 4.78 is 11.2. The summed E-state index contributed by atoms with van der Waals surface area (Å²) in [6, 6.07) is 18.2. The van der Waals surface area contributed by atoms with Crippen LogP contribution in [0.25, 0.3) is 0 Å². The van der Waals surface area contributed by atoms with Crippen LogP contribution in [0.3, 0.4) is 0 Å². The number of alkyl carbamates (subject to hydrolysis) is 1. The Morgan fingerprint density at radius 3 is 1.97 bits per heavy atom. The van der Waals surface area contributed by atoms with Crippen LogP contribution >= 0.6 is 0 Å². The quantitative estimate of drug-likeness (QED) is 0.644. The summed E-state index contributed by atoms with van der Waals surface area (Å²) in [7, 11) is -2.31. The highest BCUT2D eigenvalue weighted by Gasteiger charge is 2.42. The fourth-order valence-electron chi connectivity index (χ4n) is 2.43. The Kier molecular flexibility index (Phi) is 7.62. The molecular weight excluding hydrogens is 382 g/mol. The van der Waals surface area contributed by atoms with E-state index in [1.54, 1.807) is 0 Å². The fourth-order valence-corrected chi connectivity index (χ4v) is 3.38. The number of nitrogens with one attached hydrogen (secondary N) is 1. The molecule has 0 aromatic heterocycles. The van der Waals surface area contributed by atoms with Gasteiger partial charge in [0.05, 0.1) is 0 Å². The summed E-state index contributed by atoms with van der Waals surface area (Å²) in [5.41, 5.74) is 1.82. The maximum absolute atomic E-state index is 13.0. The van der Waals surface area contributed by atoms with Crippen LogP contribution in [0.1, 0.15) is 31.9 Å². The van der Waals surface area contributed by atoms with E-state index in [9.17, 15) is 9.59 Å². The number of carbonyl (C=O) groups is 2. The molecule has 0 heterocycles. The van der Waals surface area contributed by atoms with Crippen LogP contribution in [0.5, 0.6) is 0 Å². The van der Waals surface area contributed by atoms with Crippen molar-refractivity contribution in [1.29, 1.82) is 0 Å². The van der Waals surface area contributed by atoms with Gasteiger partial charge in [-0.3, -0.25) is 4.79 Å². The average Bonchev–Trinajstić information content (AvgIpc) is 2.66. The minimum atomic E-state index is -2.31. The molecular formula is C23H31NO4Si. The SMILES string of the molecule is CC(C)(C)[Si](C)(C)OC(=O)[C@H](Cc1ccccc1)NC(=O)OCc1ccccc1. The lowest BCUT2D eigenvalue weighted by molar-refractivity contribution is -0.137. The Labute approximate surface area is 174 Å². The van der Waals surface area contributed by atoms with Gasteiger partial charge in [0.25, 0.3) is 8.32 Å². The minimum absolute atomic E-state index is 0.117. The predicted molar refractivity (Wildman–Crippen MR) is 117 cm³/mol.